The molecule has 1 aliphatic rings. The second-order valence-electron chi connectivity index (χ2n) is 5.11. The number of carboxylic acids is 1. The van der Waals surface area contributed by atoms with E-state index >= 15 is 0 Å². The van der Waals surface area contributed by atoms with Gasteiger partial charge in [-0.2, -0.15) is 0 Å². The summed E-state index contributed by atoms with van der Waals surface area (Å²) < 4.78 is 1.08. The molecule has 1 saturated heterocycles. The molecule has 1 aromatic carbocycles. The number of thiophene rings is 1. The molecule has 0 unspecified atom stereocenters. The van der Waals surface area contributed by atoms with E-state index in [9.17, 15) is 4.79 Å². The third-order valence-corrected chi connectivity index (χ3v) is 4.74. The lowest BCUT2D eigenvalue weighted by molar-refractivity contribution is 0.0697. The smallest absolute Gasteiger partial charge is 0.335 e. The molecule has 100 valence electrons. The first-order valence-corrected chi connectivity index (χ1v) is 7.58. The van der Waals surface area contributed by atoms with Crippen molar-refractivity contribution in [2.24, 2.45) is 0 Å². The number of piperidine rings is 1. The number of fused-ring (bicyclic) bond motifs is 1. The van der Waals surface area contributed by atoms with Crippen LogP contribution in [-0.2, 0) is 6.54 Å². The minimum atomic E-state index is -0.854. The van der Waals surface area contributed by atoms with Crippen molar-refractivity contribution < 1.29 is 9.90 Å². The van der Waals surface area contributed by atoms with Crippen LogP contribution in [0.1, 0.15) is 35.2 Å². The lowest BCUT2D eigenvalue weighted by Crippen LogP contribution is -2.28. The molecule has 0 aliphatic carbocycles. The first-order valence-electron chi connectivity index (χ1n) is 6.70. The molecule has 4 heteroatoms. The number of carbonyl (C=O) groups is 1. The van der Waals surface area contributed by atoms with E-state index in [0.717, 1.165) is 11.2 Å². The number of hydrogen-bond acceptors (Lipinski definition) is 3. The predicted molar refractivity (Wildman–Crippen MR) is 77.9 cm³/mol. The Balaban J connectivity index is 1.86. The molecule has 0 spiro atoms. The second-order valence-corrected chi connectivity index (χ2v) is 6.03. The lowest BCUT2D eigenvalue weighted by atomic mass is 10.1. The second kappa shape index (κ2) is 5.31. The van der Waals surface area contributed by atoms with Crippen molar-refractivity contribution in [3.8, 4) is 0 Å². The molecule has 0 saturated carbocycles. The predicted octanol–water partition coefficient (Wildman–Crippen LogP) is 3.59. The van der Waals surface area contributed by atoms with E-state index in [4.69, 9.17) is 5.11 Å². The Kier molecular flexibility index (Phi) is 3.53. The van der Waals surface area contributed by atoms with Crippen LogP contribution in [0.2, 0.25) is 0 Å². The monoisotopic (exact) mass is 275 g/mol. The summed E-state index contributed by atoms with van der Waals surface area (Å²) in [5.74, 6) is -0.854. The largest absolute Gasteiger partial charge is 0.478 e. The summed E-state index contributed by atoms with van der Waals surface area (Å²) in [5, 5.41) is 12.4. The molecule has 1 fully saturated rings. The van der Waals surface area contributed by atoms with Crippen molar-refractivity contribution in [3.63, 3.8) is 0 Å². The normalized spacial score (nSPS) is 16.8. The molecule has 2 aromatic rings. The Labute approximate surface area is 116 Å². The molecular weight excluding hydrogens is 258 g/mol. The molecule has 0 atom stereocenters. The molecule has 1 N–H and O–H groups in total. The lowest BCUT2D eigenvalue weighted by Gasteiger charge is -2.26. The Morgan fingerprint density at radius 3 is 2.79 bits per heavy atom. The summed E-state index contributed by atoms with van der Waals surface area (Å²) in [4.78, 5) is 13.5. The highest BCUT2D eigenvalue weighted by Gasteiger charge is 2.13. The van der Waals surface area contributed by atoms with Crippen LogP contribution < -0.4 is 0 Å². The summed E-state index contributed by atoms with van der Waals surface area (Å²) >= 11 is 1.64. The first-order chi connectivity index (χ1) is 9.24. The van der Waals surface area contributed by atoms with Gasteiger partial charge in [0.1, 0.15) is 0 Å². The topological polar surface area (TPSA) is 40.5 Å². The summed E-state index contributed by atoms with van der Waals surface area (Å²) in [7, 11) is 0. The number of hydrogen-bond donors (Lipinski definition) is 1. The van der Waals surface area contributed by atoms with Gasteiger partial charge in [-0.3, -0.25) is 4.90 Å². The molecule has 1 aromatic heterocycles. The van der Waals surface area contributed by atoms with Gasteiger partial charge < -0.3 is 5.11 Å². The first kappa shape index (κ1) is 12.6. The van der Waals surface area contributed by atoms with Crippen LogP contribution in [0.5, 0.6) is 0 Å². The van der Waals surface area contributed by atoms with Gasteiger partial charge >= 0.3 is 5.97 Å². The molecule has 1 aliphatic heterocycles. The van der Waals surface area contributed by atoms with Gasteiger partial charge in [-0.15, -0.1) is 11.3 Å². The maximum absolute atomic E-state index is 11.0. The molecule has 3 nitrogen and oxygen atoms in total. The van der Waals surface area contributed by atoms with Crippen LogP contribution in [0, 0.1) is 0 Å². The Hall–Kier alpha value is -1.39. The van der Waals surface area contributed by atoms with Crippen molar-refractivity contribution in [2.75, 3.05) is 13.1 Å². The fourth-order valence-electron chi connectivity index (χ4n) is 2.70. The third kappa shape index (κ3) is 2.65. The van der Waals surface area contributed by atoms with Gasteiger partial charge in [0, 0.05) is 11.2 Å². The maximum atomic E-state index is 11.0. The summed E-state index contributed by atoms with van der Waals surface area (Å²) in [6.07, 6.45) is 3.94. The number of rotatable bonds is 3. The van der Waals surface area contributed by atoms with Gasteiger partial charge in [0.15, 0.2) is 0 Å². The minimum absolute atomic E-state index is 0.374. The van der Waals surface area contributed by atoms with Gasteiger partial charge in [-0.05, 0) is 54.4 Å². The van der Waals surface area contributed by atoms with E-state index in [1.165, 1.54) is 43.3 Å². The van der Waals surface area contributed by atoms with E-state index in [-0.39, 0.29) is 0 Å². The Morgan fingerprint density at radius 1 is 1.26 bits per heavy atom. The standard InChI is InChI=1S/C15H17NO2S/c17-15(18)11-4-5-13-12(10-19-14(13)8-11)9-16-6-2-1-3-7-16/h4-5,8,10H,1-3,6-7,9H2,(H,17,18). The van der Waals surface area contributed by atoms with Crippen molar-refractivity contribution >= 4 is 27.4 Å². The zero-order valence-electron chi connectivity index (χ0n) is 10.8. The molecule has 0 amide bonds. The van der Waals surface area contributed by atoms with E-state index < -0.39 is 5.97 Å². The van der Waals surface area contributed by atoms with Crippen LogP contribution in [0.4, 0.5) is 0 Å². The minimum Gasteiger partial charge on any atom is -0.478 e. The van der Waals surface area contributed by atoms with Gasteiger partial charge in [0.25, 0.3) is 0 Å². The van der Waals surface area contributed by atoms with E-state index in [1.807, 2.05) is 6.07 Å². The van der Waals surface area contributed by atoms with Gasteiger partial charge in [-0.1, -0.05) is 12.5 Å². The molecule has 2 heterocycles. The highest BCUT2D eigenvalue weighted by atomic mass is 32.1. The van der Waals surface area contributed by atoms with E-state index in [2.05, 4.69) is 10.3 Å². The van der Waals surface area contributed by atoms with Gasteiger partial charge in [0.2, 0.25) is 0 Å². The zero-order chi connectivity index (χ0) is 13.2. The van der Waals surface area contributed by atoms with Gasteiger partial charge in [0.05, 0.1) is 5.56 Å². The molecular formula is C15H17NO2S. The van der Waals surface area contributed by atoms with E-state index in [0.29, 0.717) is 5.56 Å². The van der Waals surface area contributed by atoms with Crippen LogP contribution in [0.3, 0.4) is 0 Å². The van der Waals surface area contributed by atoms with Crippen LogP contribution >= 0.6 is 11.3 Å². The van der Waals surface area contributed by atoms with Crippen molar-refractivity contribution in [2.45, 2.75) is 25.8 Å². The van der Waals surface area contributed by atoms with Crippen molar-refractivity contribution in [1.82, 2.24) is 4.90 Å². The summed E-state index contributed by atoms with van der Waals surface area (Å²) in [6, 6.07) is 5.44. The molecule has 3 rings (SSSR count). The molecule has 0 radical (unpaired) electrons. The number of likely N-dealkylation sites (tertiary alicyclic amines) is 1. The summed E-state index contributed by atoms with van der Waals surface area (Å²) in [6.45, 7) is 3.36. The van der Waals surface area contributed by atoms with Crippen LogP contribution in [0.15, 0.2) is 23.6 Å². The van der Waals surface area contributed by atoms with Crippen LogP contribution in [-0.4, -0.2) is 29.1 Å². The third-order valence-electron chi connectivity index (χ3n) is 3.75. The SMILES string of the molecule is O=C(O)c1ccc2c(CN3CCCCC3)csc2c1. The number of benzene rings is 1. The number of carboxylic acid groups (broad SMARTS) is 1. The number of nitrogens with zero attached hydrogens (tertiary/aromatic N) is 1. The van der Waals surface area contributed by atoms with Gasteiger partial charge in [-0.25, -0.2) is 4.79 Å². The van der Waals surface area contributed by atoms with Crippen molar-refractivity contribution in [1.29, 1.82) is 0 Å². The highest BCUT2D eigenvalue weighted by molar-refractivity contribution is 7.17. The average molecular weight is 275 g/mol. The maximum Gasteiger partial charge on any atom is 0.335 e. The summed E-state index contributed by atoms with van der Waals surface area (Å²) in [5.41, 5.74) is 1.71. The van der Waals surface area contributed by atoms with Crippen LogP contribution in [0.25, 0.3) is 10.1 Å². The Morgan fingerprint density at radius 2 is 2.05 bits per heavy atom. The molecule has 19 heavy (non-hydrogen) atoms. The zero-order valence-corrected chi connectivity index (χ0v) is 11.6. The van der Waals surface area contributed by atoms with E-state index in [1.54, 1.807) is 23.5 Å². The quantitative estimate of drug-likeness (QED) is 0.930. The fourth-order valence-corrected chi connectivity index (χ4v) is 3.69. The average Bonchev–Trinajstić information content (AvgIpc) is 2.82. The van der Waals surface area contributed by atoms with Crippen molar-refractivity contribution in [3.05, 3.63) is 34.7 Å². The Bertz CT molecular complexity index is 599. The number of aromatic carboxylic acids is 1. The fraction of sp³-hybridized carbons (Fsp3) is 0.400. The highest BCUT2D eigenvalue weighted by Crippen LogP contribution is 2.28. The molecule has 0 bridgehead atoms.